The van der Waals surface area contributed by atoms with Gasteiger partial charge in [-0.05, 0) is 51.7 Å². The molecule has 2 fully saturated rings. The van der Waals surface area contributed by atoms with Gasteiger partial charge in [0.05, 0.1) is 32.1 Å². The molecule has 1 aliphatic carbocycles. The minimum Gasteiger partial charge on any atom is -0.469 e. The van der Waals surface area contributed by atoms with Crippen molar-refractivity contribution in [2.24, 2.45) is 10.9 Å². The van der Waals surface area contributed by atoms with Gasteiger partial charge in [0.1, 0.15) is 11.4 Å². The molecule has 10 heteroatoms. The molecule has 1 aromatic rings. The summed E-state index contributed by atoms with van der Waals surface area (Å²) in [4.78, 5) is 19.4. The van der Waals surface area contributed by atoms with Gasteiger partial charge < -0.3 is 29.8 Å². The summed E-state index contributed by atoms with van der Waals surface area (Å²) in [5, 5.41) is 9.85. The van der Waals surface area contributed by atoms with Crippen LogP contribution in [0.2, 0.25) is 0 Å². The first-order chi connectivity index (χ1) is 15.4. The molecule has 0 bridgehead atoms. The van der Waals surface area contributed by atoms with Crippen LogP contribution in [0.3, 0.4) is 0 Å². The van der Waals surface area contributed by atoms with Gasteiger partial charge in [-0.1, -0.05) is 0 Å². The minimum atomic E-state index is -0.513. The van der Waals surface area contributed by atoms with E-state index in [0.717, 1.165) is 70.4 Å². The van der Waals surface area contributed by atoms with Gasteiger partial charge in [0.15, 0.2) is 5.96 Å². The topological polar surface area (TPSA) is 100 Å². The van der Waals surface area contributed by atoms with Gasteiger partial charge in [-0.15, -0.1) is 24.0 Å². The molecule has 1 saturated carbocycles. The van der Waals surface area contributed by atoms with Crippen molar-refractivity contribution in [1.29, 1.82) is 0 Å². The summed E-state index contributed by atoms with van der Waals surface area (Å²) in [6, 6.07) is 3.85. The molecule has 1 atom stereocenters. The Morgan fingerprint density at radius 1 is 1.24 bits per heavy atom. The lowest BCUT2D eigenvalue weighted by molar-refractivity contribution is 0.0389. The molecule has 3 rings (SSSR count). The zero-order valence-electron chi connectivity index (χ0n) is 20.1. The van der Waals surface area contributed by atoms with Crippen LogP contribution in [0, 0.1) is 5.92 Å². The van der Waals surface area contributed by atoms with Gasteiger partial charge in [-0.2, -0.15) is 0 Å². The number of guanidine groups is 1. The zero-order valence-corrected chi connectivity index (χ0v) is 22.4. The standard InChI is InChI=1S/C23H39N5O4.HI/c1-23(2,3)32-22(29)27-20(18-6-7-18)17-26-21(24-9-8-19-5-4-14-31-19)25-10-11-28-12-15-30-16-13-28;/h4-5,14,18,20H,6-13,15-17H2,1-3H3,(H,27,29)(H2,24,25,26);1H. The molecule has 1 aliphatic heterocycles. The third-order valence-corrected chi connectivity index (χ3v) is 5.41. The molecule has 0 radical (unpaired) electrons. The first-order valence-corrected chi connectivity index (χ1v) is 11.7. The van der Waals surface area contributed by atoms with Crippen LogP contribution >= 0.6 is 24.0 Å². The fraction of sp³-hybridized carbons (Fsp3) is 0.739. The number of nitrogens with zero attached hydrogens (tertiary/aromatic N) is 2. The molecule has 0 aromatic carbocycles. The van der Waals surface area contributed by atoms with E-state index in [1.807, 2.05) is 32.9 Å². The number of aliphatic imine (C=N–C) groups is 1. The van der Waals surface area contributed by atoms with Crippen molar-refractivity contribution in [1.82, 2.24) is 20.9 Å². The smallest absolute Gasteiger partial charge is 0.407 e. The zero-order chi connectivity index (χ0) is 22.8. The first kappa shape index (κ1) is 27.7. The molecule has 9 nitrogen and oxygen atoms in total. The van der Waals surface area contributed by atoms with Crippen LogP contribution in [0.4, 0.5) is 4.79 Å². The molecule has 1 amide bonds. The number of rotatable bonds is 10. The van der Waals surface area contributed by atoms with E-state index in [-0.39, 0.29) is 36.1 Å². The maximum Gasteiger partial charge on any atom is 0.407 e. The minimum absolute atomic E-state index is 0. The van der Waals surface area contributed by atoms with E-state index in [0.29, 0.717) is 19.0 Å². The Balaban J connectivity index is 0.00000385. The monoisotopic (exact) mass is 577 g/mol. The fourth-order valence-corrected chi connectivity index (χ4v) is 3.55. The lowest BCUT2D eigenvalue weighted by Crippen LogP contribution is -2.46. The van der Waals surface area contributed by atoms with Crippen LogP contribution in [0.25, 0.3) is 0 Å². The molecule has 2 aliphatic rings. The van der Waals surface area contributed by atoms with E-state index in [1.54, 1.807) is 6.26 Å². The highest BCUT2D eigenvalue weighted by Gasteiger charge is 2.33. The summed E-state index contributed by atoms with van der Waals surface area (Å²) in [5.74, 6) is 2.15. The number of carbonyl (C=O) groups is 1. The second-order valence-electron chi connectivity index (χ2n) is 9.42. The SMILES string of the molecule is CC(C)(C)OC(=O)NC(CN=C(NCCc1ccco1)NCCN1CCOCC1)C1CC1.I. The number of hydrogen-bond donors (Lipinski definition) is 3. The van der Waals surface area contributed by atoms with Crippen molar-refractivity contribution >= 4 is 36.0 Å². The summed E-state index contributed by atoms with van der Waals surface area (Å²) < 4.78 is 16.3. The molecular weight excluding hydrogens is 537 g/mol. The third-order valence-electron chi connectivity index (χ3n) is 5.41. The maximum atomic E-state index is 12.3. The van der Waals surface area contributed by atoms with Gasteiger partial charge in [-0.3, -0.25) is 9.89 Å². The summed E-state index contributed by atoms with van der Waals surface area (Å²) in [6.07, 6.45) is 4.31. The van der Waals surface area contributed by atoms with Gasteiger partial charge in [-0.25, -0.2) is 4.79 Å². The van der Waals surface area contributed by atoms with Crippen LogP contribution < -0.4 is 16.0 Å². The number of nitrogens with one attached hydrogen (secondary N) is 3. The van der Waals surface area contributed by atoms with Crippen LogP contribution in [0.5, 0.6) is 0 Å². The van der Waals surface area contributed by atoms with E-state index in [4.69, 9.17) is 18.9 Å². The molecule has 1 saturated heterocycles. The number of alkyl carbamates (subject to hydrolysis) is 1. The Labute approximate surface area is 214 Å². The lowest BCUT2D eigenvalue weighted by atomic mass is 10.2. The third kappa shape index (κ3) is 11.4. The first-order valence-electron chi connectivity index (χ1n) is 11.7. The van der Waals surface area contributed by atoms with E-state index in [2.05, 4.69) is 20.9 Å². The normalized spacial score (nSPS) is 18.2. The highest BCUT2D eigenvalue weighted by Crippen LogP contribution is 2.33. The predicted octanol–water partition coefficient (Wildman–Crippen LogP) is 2.61. The number of morpholine rings is 1. The van der Waals surface area contributed by atoms with Gasteiger partial charge in [0.2, 0.25) is 0 Å². The molecule has 0 spiro atoms. The molecule has 2 heterocycles. The molecule has 188 valence electrons. The van der Waals surface area contributed by atoms with Crippen LogP contribution in [0.1, 0.15) is 39.4 Å². The number of hydrogen-bond acceptors (Lipinski definition) is 6. The predicted molar refractivity (Wildman–Crippen MR) is 139 cm³/mol. The Bertz CT molecular complexity index is 713. The summed E-state index contributed by atoms with van der Waals surface area (Å²) >= 11 is 0. The Morgan fingerprint density at radius 3 is 2.61 bits per heavy atom. The molecule has 3 N–H and O–H groups in total. The molecule has 33 heavy (non-hydrogen) atoms. The van der Waals surface area contributed by atoms with Crippen LogP contribution in [-0.2, 0) is 15.9 Å². The van der Waals surface area contributed by atoms with E-state index >= 15 is 0 Å². The van der Waals surface area contributed by atoms with Gasteiger partial charge >= 0.3 is 6.09 Å². The lowest BCUT2D eigenvalue weighted by Gasteiger charge is -2.27. The second-order valence-corrected chi connectivity index (χ2v) is 9.42. The van der Waals surface area contributed by atoms with Crippen molar-refractivity contribution in [3.8, 4) is 0 Å². The number of halogens is 1. The highest BCUT2D eigenvalue weighted by atomic mass is 127. The van der Waals surface area contributed by atoms with Crippen molar-refractivity contribution < 1.29 is 18.7 Å². The average molecular weight is 578 g/mol. The summed E-state index contributed by atoms with van der Waals surface area (Å²) in [7, 11) is 0. The maximum absolute atomic E-state index is 12.3. The summed E-state index contributed by atoms with van der Waals surface area (Å²) in [6.45, 7) is 12.1. The van der Waals surface area contributed by atoms with Gasteiger partial charge in [0.25, 0.3) is 0 Å². The Hall–Kier alpha value is -1.53. The fourth-order valence-electron chi connectivity index (χ4n) is 3.55. The largest absolute Gasteiger partial charge is 0.469 e. The quantitative estimate of drug-likeness (QED) is 0.223. The van der Waals surface area contributed by atoms with E-state index in [9.17, 15) is 4.79 Å². The highest BCUT2D eigenvalue weighted by molar-refractivity contribution is 14.0. The average Bonchev–Trinajstić information content (AvgIpc) is 3.46. The van der Waals surface area contributed by atoms with E-state index in [1.165, 1.54) is 0 Å². The van der Waals surface area contributed by atoms with Crippen molar-refractivity contribution in [3.63, 3.8) is 0 Å². The molecular formula is C23H40IN5O4. The number of furan rings is 1. The van der Waals surface area contributed by atoms with Crippen molar-refractivity contribution in [3.05, 3.63) is 24.2 Å². The summed E-state index contributed by atoms with van der Waals surface area (Å²) in [5.41, 5.74) is -0.513. The molecule has 1 unspecified atom stereocenters. The van der Waals surface area contributed by atoms with Gasteiger partial charge in [0, 0.05) is 39.1 Å². The molecule has 1 aromatic heterocycles. The van der Waals surface area contributed by atoms with E-state index < -0.39 is 5.60 Å². The van der Waals surface area contributed by atoms with Crippen LogP contribution in [-0.4, -0.2) is 81.1 Å². The number of carbonyl (C=O) groups excluding carboxylic acids is 1. The Kier molecular flexibility index (Phi) is 11.8. The second kappa shape index (κ2) is 14.0. The van der Waals surface area contributed by atoms with Crippen LogP contribution in [0.15, 0.2) is 27.8 Å². The Morgan fingerprint density at radius 2 is 1.97 bits per heavy atom. The number of amides is 1. The van der Waals surface area contributed by atoms with Crippen molar-refractivity contribution in [2.75, 3.05) is 52.5 Å². The number of ether oxygens (including phenoxy) is 2. The van der Waals surface area contributed by atoms with Crippen molar-refractivity contribution in [2.45, 2.75) is 51.7 Å².